The quantitative estimate of drug-likeness (QED) is 0.758. The molecule has 0 aliphatic heterocycles. The van der Waals surface area contributed by atoms with Crippen LogP contribution in [0.4, 0.5) is 18.9 Å². The van der Waals surface area contributed by atoms with E-state index in [4.69, 9.17) is 0 Å². The molecule has 15 heavy (non-hydrogen) atoms. The molecule has 0 heterocycles. The first-order valence-corrected chi connectivity index (χ1v) is 5.00. The summed E-state index contributed by atoms with van der Waals surface area (Å²) in [4.78, 5) is 0. The van der Waals surface area contributed by atoms with Gasteiger partial charge in [-0.2, -0.15) is 0 Å². The number of anilines is 1. The molecule has 4 heteroatoms. The monoisotopic (exact) mass is 217 g/mol. The molecular formula is C11H14F3N. The predicted octanol–water partition coefficient (Wildman–Crippen LogP) is 3.70. The molecule has 0 aromatic heterocycles. The predicted molar refractivity (Wildman–Crippen MR) is 54.3 cm³/mol. The minimum Gasteiger partial charge on any atom is -0.380 e. The summed E-state index contributed by atoms with van der Waals surface area (Å²) in [6.07, 6.45) is 1.60. The van der Waals surface area contributed by atoms with Crippen molar-refractivity contribution in [3.63, 3.8) is 0 Å². The molecule has 0 aliphatic carbocycles. The van der Waals surface area contributed by atoms with Crippen molar-refractivity contribution >= 4 is 5.69 Å². The Morgan fingerprint density at radius 1 is 1.07 bits per heavy atom. The smallest absolute Gasteiger partial charge is 0.196 e. The fourth-order valence-corrected chi connectivity index (χ4v) is 1.35. The van der Waals surface area contributed by atoms with E-state index in [1.54, 1.807) is 0 Å². The Balaban J connectivity index is 2.91. The van der Waals surface area contributed by atoms with Crippen LogP contribution in [0.2, 0.25) is 0 Å². The molecule has 1 aromatic carbocycles. The Labute approximate surface area is 87.3 Å². The van der Waals surface area contributed by atoms with E-state index in [2.05, 4.69) is 5.32 Å². The fourth-order valence-electron chi connectivity index (χ4n) is 1.35. The SMILES string of the molecule is CCC(CC)Nc1ccc(F)c(F)c1F. The van der Waals surface area contributed by atoms with E-state index in [0.29, 0.717) is 0 Å². The maximum Gasteiger partial charge on any atom is 0.196 e. The van der Waals surface area contributed by atoms with Gasteiger partial charge in [0.1, 0.15) is 0 Å². The zero-order valence-corrected chi connectivity index (χ0v) is 8.78. The molecule has 0 unspecified atom stereocenters. The van der Waals surface area contributed by atoms with Gasteiger partial charge in [0.05, 0.1) is 5.69 Å². The van der Waals surface area contributed by atoms with E-state index in [9.17, 15) is 13.2 Å². The van der Waals surface area contributed by atoms with E-state index < -0.39 is 17.5 Å². The molecule has 0 saturated carbocycles. The highest BCUT2D eigenvalue weighted by atomic mass is 19.2. The second kappa shape index (κ2) is 5.05. The van der Waals surface area contributed by atoms with Gasteiger partial charge >= 0.3 is 0 Å². The molecule has 1 N–H and O–H groups in total. The molecule has 1 rings (SSSR count). The second-order valence-corrected chi connectivity index (χ2v) is 3.38. The van der Waals surface area contributed by atoms with Crippen LogP contribution >= 0.6 is 0 Å². The van der Waals surface area contributed by atoms with E-state index in [0.717, 1.165) is 18.9 Å². The van der Waals surface area contributed by atoms with Crippen molar-refractivity contribution in [3.05, 3.63) is 29.6 Å². The van der Waals surface area contributed by atoms with E-state index >= 15 is 0 Å². The highest BCUT2D eigenvalue weighted by Gasteiger charge is 2.14. The molecule has 1 nitrogen and oxygen atoms in total. The molecular weight excluding hydrogens is 203 g/mol. The molecule has 84 valence electrons. The van der Waals surface area contributed by atoms with Crippen LogP contribution in [0.1, 0.15) is 26.7 Å². The largest absolute Gasteiger partial charge is 0.380 e. The van der Waals surface area contributed by atoms with Crippen LogP contribution in [0, 0.1) is 17.5 Å². The van der Waals surface area contributed by atoms with Crippen molar-refractivity contribution in [1.29, 1.82) is 0 Å². The van der Waals surface area contributed by atoms with Gasteiger partial charge < -0.3 is 5.32 Å². The van der Waals surface area contributed by atoms with E-state index in [1.807, 2.05) is 13.8 Å². The summed E-state index contributed by atoms with van der Waals surface area (Å²) in [5, 5.41) is 2.83. The molecule has 1 aromatic rings. The topological polar surface area (TPSA) is 12.0 Å². The van der Waals surface area contributed by atoms with Crippen LogP contribution < -0.4 is 5.32 Å². The average Bonchev–Trinajstić information content (AvgIpc) is 2.25. The summed E-state index contributed by atoms with van der Waals surface area (Å²) in [6, 6.07) is 2.21. The van der Waals surface area contributed by atoms with E-state index in [-0.39, 0.29) is 11.7 Å². The molecule has 0 saturated heterocycles. The van der Waals surface area contributed by atoms with Crippen LogP contribution in [-0.4, -0.2) is 6.04 Å². The van der Waals surface area contributed by atoms with Crippen molar-refractivity contribution in [2.75, 3.05) is 5.32 Å². The van der Waals surface area contributed by atoms with E-state index in [1.165, 1.54) is 6.07 Å². The number of rotatable bonds is 4. The Kier molecular flexibility index (Phi) is 4.00. The summed E-state index contributed by atoms with van der Waals surface area (Å²) in [7, 11) is 0. The summed E-state index contributed by atoms with van der Waals surface area (Å²) in [6.45, 7) is 3.89. The second-order valence-electron chi connectivity index (χ2n) is 3.38. The third kappa shape index (κ3) is 2.64. The maximum atomic E-state index is 13.2. The summed E-state index contributed by atoms with van der Waals surface area (Å²) in [5.74, 6) is -3.74. The van der Waals surface area contributed by atoms with Gasteiger partial charge in [-0.15, -0.1) is 0 Å². The molecule has 0 amide bonds. The number of halogens is 3. The third-order valence-electron chi connectivity index (χ3n) is 2.38. The van der Waals surface area contributed by atoms with Crippen LogP contribution in [0.15, 0.2) is 12.1 Å². The minimum atomic E-state index is -1.43. The fraction of sp³-hybridized carbons (Fsp3) is 0.455. The van der Waals surface area contributed by atoms with Crippen molar-refractivity contribution in [2.24, 2.45) is 0 Å². The lowest BCUT2D eigenvalue weighted by Gasteiger charge is -2.16. The summed E-state index contributed by atoms with van der Waals surface area (Å²) >= 11 is 0. The van der Waals surface area contributed by atoms with Crippen LogP contribution in [0.5, 0.6) is 0 Å². The lowest BCUT2D eigenvalue weighted by atomic mass is 10.1. The Bertz CT molecular complexity index is 335. The van der Waals surface area contributed by atoms with Gasteiger partial charge in [0.25, 0.3) is 0 Å². The van der Waals surface area contributed by atoms with Crippen LogP contribution in [0.25, 0.3) is 0 Å². The van der Waals surface area contributed by atoms with Crippen molar-refractivity contribution in [2.45, 2.75) is 32.7 Å². The van der Waals surface area contributed by atoms with Crippen molar-refractivity contribution in [1.82, 2.24) is 0 Å². The van der Waals surface area contributed by atoms with Gasteiger partial charge in [-0.05, 0) is 25.0 Å². The Hall–Kier alpha value is -1.19. The highest BCUT2D eigenvalue weighted by molar-refractivity contribution is 5.46. The maximum absolute atomic E-state index is 13.2. The number of benzene rings is 1. The van der Waals surface area contributed by atoms with Crippen LogP contribution in [-0.2, 0) is 0 Å². The number of nitrogens with one attached hydrogen (secondary N) is 1. The molecule has 0 aliphatic rings. The van der Waals surface area contributed by atoms with Gasteiger partial charge in [-0.3, -0.25) is 0 Å². The minimum absolute atomic E-state index is 0.0163. The first-order chi connectivity index (χ1) is 7.10. The molecule has 0 spiro atoms. The lowest BCUT2D eigenvalue weighted by molar-refractivity contribution is 0.448. The zero-order chi connectivity index (χ0) is 11.4. The molecule has 0 radical (unpaired) electrons. The third-order valence-corrected chi connectivity index (χ3v) is 2.38. The normalized spacial score (nSPS) is 10.8. The Morgan fingerprint density at radius 2 is 1.67 bits per heavy atom. The van der Waals surface area contributed by atoms with Gasteiger partial charge in [0.2, 0.25) is 0 Å². The summed E-state index contributed by atoms with van der Waals surface area (Å²) in [5.41, 5.74) is 0.0163. The number of hydrogen-bond donors (Lipinski definition) is 1. The first kappa shape index (κ1) is 11.9. The van der Waals surface area contributed by atoms with Crippen LogP contribution in [0.3, 0.4) is 0 Å². The van der Waals surface area contributed by atoms with Gasteiger partial charge in [-0.25, -0.2) is 13.2 Å². The molecule has 0 fully saturated rings. The number of hydrogen-bond acceptors (Lipinski definition) is 1. The van der Waals surface area contributed by atoms with Gasteiger partial charge in [-0.1, -0.05) is 13.8 Å². The van der Waals surface area contributed by atoms with Crippen molar-refractivity contribution < 1.29 is 13.2 Å². The van der Waals surface area contributed by atoms with Gasteiger partial charge in [0.15, 0.2) is 17.5 Å². The Morgan fingerprint density at radius 3 is 2.20 bits per heavy atom. The molecule has 0 atom stereocenters. The van der Waals surface area contributed by atoms with Gasteiger partial charge in [0, 0.05) is 6.04 Å². The van der Waals surface area contributed by atoms with Crippen molar-refractivity contribution in [3.8, 4) is 0 Å². The summed E-state index contributed by atoms with van der Waals surface area (Å²) < 4.78 is 38.7. The first-order valence-electron chi connectivity index (χ1n) is 5.00. The lowest BCUT2D eigenvalue weighted by Crippen LogP contribution is -2.18. The average molecular weight is 217 g/mol. The zero-order valence-electron chi connectivity index (χ0n) is 8.78. The highest BCUT2D eigenvalue weighted by Crippen LogP contribution is 2.21. The molecule has 0 bridgehead atoms. The standard InChI is InChI=1S/C11H14F3N/c1-3-7(4-2)15-9-6-5-8(12)10(13)11(9)14/h5-7,15H,3-4H2,1-2H3.